The van der Waals surface area contributed by atoms with Crippen LogP contribution in [0.4, 0.5) is 0 Å². The predicted octanol–water partition coefficient (Wildman–Crippen LogP) is 2.74. The molecule has 1 rings (SSSR count). The van der Waals surface area contributed by atoms with E-state index >= 15 is 0 Å². The largest absolute Gasteiger partial charge is 0.484 e. The molecule has 7 heteroatoms. The third-order valence-corrected chi connectivity index (χ3v) is 4.24. The molecule has 0 aliphatic heterocycles. The molecule has 0 saturated carbocycles. The molecule has 0 saturated heterocycles. The van der Waals surface area contributed by atoms with E-state index in [1.54, 1.807) is 30.0 Å². The number of halogens is 1. The van der Waals surface area contributed by atoms with Gasteiger partial charge in [0.05, 0.1) is 0 Å². The first-order chi connectivity index (χ1) is 10.4. The van der Waals surface area contributed by atoms with Crippen LogP contribution in [0.3, 0.4) is 0 Å². The summed E-state index contributed by atoms with van der Waals surface area (Å²) < 4.78 is 5.34. The highest BCUT2D eigenvalue weighted by Crippen LogP contribution is 2.20. The van der Waals surface area contributed by atoms with E-state index in [0.717, 1.165) is 11.3 Å². The van der Waals surface area contributed by atoms with Gasteiger partial charge >= 0.3 is 5.97 Å². The summed E-state index contributed by atoms with van der Waals surface area (Å²) in [5, 5.41) is 12.2. The van der Waals surface area contributed by atoms with Crippen LogP contribution in [-0.4, -0.2) is 41.1 Å². The number of amides is 1. The zero-order valence-corrected chi connectivity index (χ0v) is 14.2. The summed E-state index contributed by atoms with van der Waals surface area (Å²) in [6.07, 6.45) is 0.389. The van der Waals surface area contributed by atoms with Crippen LogP contribution in [0.15, 0.2) is 18.2 Å². The van der Waals surface area contributed by atoms with Gasteiger partial charge in [-0.2, -0.15) is 11.8 Å². The summed E-state index contributed by atoms with van der Waals surface area (Å²) >= 11 is 7.54. The predicted molar refractivity (Wildman–Crippen MR) is 88.9 cm³/mol. The van der Waals surface area contributed by atoms with E-state index in [0.29, 0.717) is 22.9 Å². The maximum absolute atomic E-state index is 11.8. The van der Waals surface area contributed by atoms with Crippen LogP contribution in [0.5, 0.6) is 5.75 Å². The normalized spacial score (nSPS) is 11.8. The van der Waals surface area contributed by atoms with Crippen molar-refractivity contribution in [2.75, 3.05) is 18.1 Å². The van der Waals surface area contributed by atoms with Gasteiger partial charge < -0.3 is 15.2 Å². The van der Waals surface area contributed by atoms with Gasteiger partial charge in [-0.15, -0.1) is 0 Å². The van der Waals surface area contributed by atoms with Gasteiger partial charge in [0.1, 0.15) is 11.8 Å². The summed E-state index contributed by atoms with van der Waals surface area (Å²) in [6.45, 7) is 3.61. The van der Waals surface area contributed by atoms with Crippen LogP contribution < -0.4 is 10.1 Å². The fraction of sp³-hybridized carbons (Fsp3) is 0.467. The SMILES string of the molecule is CCSCCC(NC(=O)COc1ccc(Cl)c(C)c1)C(=O)O. The van der Waals surface area contributed by atoms with Crippen molar-refractivity contribution in [3.05, 3.63) is 28.8 Å². The Kier molecular flexibility index (Phi) is 8.12. The lowest BCUT2D eigenvalue weighted by molar-refractivity contribution is -0.142. The molecule has 122 valence electrons. The number of aliphatic carboxylic acids is 1. The van der Waals surface area contributed by atoms with E-state index in [2.05, 4.69) is 5.32 Å². The maximum atomic E-state index is 11.8. The fourth-order valence-electron chi connectivity index (χ4n) is 1.69. The molecule has 0 fully saturated rings. The van der Waals surface area contributed by atoms with Crippen molar-refractivity contribution in [2.24, 2.45) is 0 Å². The number of nitrogens with one attached hydrogen (secondary N) is 1. The Morgan fingerprint density at radius 2 is 2.18 bits per heavy atom. The number of hydrogen-bond acceptors (Lipinski definition) is 4. The van der Waals surface area contributed by atoms with E-state index in [1.807, 2.05) is 13.8 Å². The molecule has 1 unspecified atom stereocenters. The molecule has 1 amide bonds. The highest BCUT2D eigenvalue weighted by atomic mass is 35.5. The molecule has 1 aromatic rings. The average Bonchev–Trinajstić information content (AvgIpc) is 2.47. The standard InChI is InChI=1S/C15H20ClNO4S/c1-3-22-7-6-13(15(19)20)17-14(18)9-21-11-4-5-12(16)10(2)8-11/h4-5,8,13H,3,6-7,9H2,1-2H3,(H,17,18)(H,19,20). The van der Waals surface area contributed by atoms with Crippen molar-refractivity contribution < 1.29 is 19.4 Å². The van der Waals surface area contributed by atoms with E-state index in [1.165, 1.54) is 0 Å². The van der Waals surface area contributed by atoms with Gasteiger partial charge in [-0.05, 0) is 48.6 Å². The number of rotatable bonds is 9. The summed E-state index contributed by atoms with van der Waals surface area (Å²) in [7, 11) is 0. The van der Waals surface area contributed by atoms with Crippen LogP contribution in [0.1, 0.15) is 18.9 Å². The number of ether oxygens (including phenoxy) is 1. The monoisotopic (exact) mass is 345 g/mol. The van der Waals surface area contributed by atoms with Crippen molar-refractivity contribution in [3.8, 4) is 5.75 Å². The van der Waals surface area contributed by atoms with Gasteiger partial charge in [0, 0.05) is 5.02 Å². The molecular formula is C15H20ClNO4S. The number of carboxylic acid groups (broad SMARTS) is 1. The van der Waals surface area contributed by atoms with Crippen LogP contribution in [0, 0.1) is 6.92 Å². The molecule has 0 aromatic heterocycles. The van der Waals surface area contributed by atoms with Crippen LogP contribution >= 0.6 is 23.4 Å². The first kappa shape index (κ1) is 18.6. The zero-order valence-electron chi connectivity index (χ0n) is 12.6. The summed E-state index contributed by atoms with van der Waals surface area (Å²) in [4.78, 5) is 22.9. The van der Waals surface area contributed by atoms with Crippen LogP contribution in [0.2, 0.25) is 5.02 Å². The topological polar surface area (TPSA) is 75.6 Å². The third-order valence-electron chi connectivity index (χ3n) is 2.89. The number of hydrogen-bond donors (Lipinski definition) is 2. The van der Waals surface area contributed by atoms with Crippen molar-refractivity contribution in [1.82, 2.24) is 5.32 Å². The number of carbonyl (C=O) groups excluding carboxylic acids is 1. The zero-order chi connectivity index (χ0) is 16.5. The van der Waals surface area contributed by atoms with E-state index in [-0.39, 0.29) is 6.61 Å². The Hall–Kier alpha value is -1.40. The summed E-state index contributed by atoms with van der Waals surface area (Å²) in [5.41, 5.74) is 0.847. The van der Waals surface area contributed by atoms with Crippen molar-refractivity contribution >= 4 is 35.2 Å². The molecule has 0 aliphatic carbocycles. The van der Waals surface area contributed by atoms with Crippen LogP contribution in [-0.2, 0) is 9.59 Å². The molecule has 22 heavy (non-hydrogen) atoms. The van der Waals surface area contributed by atoms with Gasteiger partial charge in [0.25, 0.3) is 5.91 Å². The third kappa shape index (κ3) is 6.58. The Bertz CT molecular complexity index is 524. The van der Waals surface area contributed by atoms with E-state index in [4.69, 9.17) is 21.4 Å². The Morgan fingerprint density at radius 1 is 1.45 bits per heavy atom. The minimum atomic E-state index is -1.03. The minimum Gasteiger partial charge on any atom is -0.484 e. The van der Waals surface area contributed by atoms with Crippen LogP contribution in [0.25, 0.3) is 0 Å². The lowest BCUT2D eigenvalue weighted by Gasteiger charge is -2.14. The Labute approximate surface area is 139 Å². The first-order valence-corrected chi connectivity index (χ1v) is 8.46. The average molecular weight is 346 g/mol. The number of carboxylic acids is 1. The molecule has 1 aromatic carbocycles. The lowest BCUT2D eigenvalue weighted by Crippen LogP contribution is -2.43. The molecule has 1 atom stereocenters. The molecule has 0 spiro atoms. The second-order valence-corrected chi connectivity index (χ2v) is 6.44. The van der Waals surface area contributed by atoms with Gasteiger partial charge in [0.15, 0.2) is 6.61 Å². The molecule has 0 aliphatic rings. The van der Waals surface area contributed by atoms with Gasteiger partial charge in [-0.3, -0.25) is 4.79 Å². The number of aryl methyl sites for hydroxylation is 1. The second kappa shape index (κ2) is 9.58. The van der Waals surface area contributed by atoms with Gasteiger partial charge in [0.2, 0.25) is 0 Å². The Balaban J connectivity index is 2.45. The quantitative estimate of drug-likeness (QED) is 0.673. The summed E-state index contributed by atoms with van der Waals surface area (Å²) in [6, 6.07) is 4.19. The lowest BCUT2D eigenvalue weighted by atomic mass is 10.2. The minimum absolute atomic E-state index is 0.230. The summed E-state index contributed by atoms with van der Waals surface area (Å²) in [5.74, 6) is 0.629. The molecule has 0 bridgehead atoms. The number of benzene rings is 1. The fourth-order valence-corrected chi connectivity index (χ4v) is 2.50. The molecule has 0 radical (unpaired) electrons. The van der Waals surface area contributed by atoms with Crippen molar-refractivity contribution in [2.45, 2.75) is 26.3 Å². The van der Waals surface area contributed by atoms with Crippen molar-refractivity contribution in [1.29, 1.82) is 0 Å². The highest BCUT2D eigenvalue weighted by Gasteiger charge is 2.19. The van der Waals surface area contributed by atoms with E-state index in [9.17, 15) is 9.59 Å². The molecule has 0 heterocycles. The van der Waals surface area contributed by atoms with Gasteiger partial charge in [-0.25, -0.2) is 4.79 Å². The first-order valence-electron chi connectivity index (χ1n) is 6.93. The number of carbonyl (C=O) groups is 2. The smallest absolute Gasteiger partial charge is 0.326 e. The van der Waals surface area contributed by atoms with Crippen molar-refractivity contribution in [3.63, 3.8) is 0 Å². The second-order valence-electron chi connectivity index (χ2n) is 4.64. The van der Waals surface area contributed by atoms with E-state index < -0.39 is 17.9 Å². The molecule has 5 nitrogen and oxygen atoms in total. The molecular weight excluding hydrogens is 326 g/mol. The molecule has 2 N–H and O–H groups in total. The number of thioether (sulfide) groups is 1. The Morgan fingerprint density at radius 3 is 2.77 bits per heavy atom. The van der Waals surface area contributed by atoms with Gasteiger partial charge in [-0.1, -0.05) is 18.5 Å². The highest BCUT2D eigenvalue weighted by molar-refractivity contribution is 7.99. The maximum Gasteiger partial charge on any atom is 0.326 e.